The molecule has 1 aliphatic carbocycles. The molecule has 98 valence electrons. The van der Waals surface area contributed by atoms with Crippen molar-refractivity contribution >= 4 is 5.69 Å². The number of anilines is 1. The smallest absolute Gasteiger partial charge is 0.278 e. The Morgan fingerprint density at radius 2 is 2.05 bits per heavy atom. The van der Waals surface area contributed by atoms with E-state index in [0.29, 0.717) is 23.1 Å². The van der Waals surface area contributed by atoms with Gasteiger partial charge in [0, 0.05) is 6.20 Å². The van der Waals surface area contributed by atoms with Gasteiger partial charge in [-0.3, -0.25) is 0 Å². The molecule has 1 atom stereocenters. The van der Waals surface area contributed by atoms with Gasteiger partial charge < -0.3 is 10.3 Å². The van der Waals surface area contributed by atoms with Crippen LogP contribution in [0.4, 0.5) is 5.69 Å². The largest absolute Gasteiger partial charge is 0.397 e. The molecule has 5 heteroatoms. The second kappa shape index (κ2) is 4.16. The summed E-state index contributed by atoms with van der Waals surface area (Å²) in [4.78, 5) is 8.63. The molecule has 20 heavy (non-hydrogen) atoms. The van der Waals surface area contributed by atoms with Gasteiger partial charge in [0.25, 0.3) is 5.89 Å². The van der Waals surface area contributed by atoms with Gasteiger partial charge in [0.15, 0.2) is 11.5 Å². The van der Waals surface area contributed by atoms with E-state index in [1.165, 1.54) is 11.1 Å². The van der Waals surface area contributed by atoms with E-state index in [1.54, 1.807) is 18.3 Å². The molecule has 1 aliphatic rings. The molecule has 0 spiro atoms. The highest BCUT2D eigenvalue weighted by Crippen LogP contribution is 2.39. The Labute approximate surface area is 115 Å². The third kappa shape index (κ3) is 1.60. The van der Waals surface area contributed by atoms with Crippen molar-refractivity contribution in [2.75, 3.05) is 5.73 Å². The first kappa shape index (κ1) is 11.2. The SMILES string of the molecule is Nc1cccnc1-c1nc(C2Cc3ccccc32)no1. The van der Waals surface area contributed by atoms with Crippen molar-refractivity contribution < 1.29 is 4.52 Å². The number of rotatable bonds is 2. The zero-order valence-corrected chi connectivity index (χ0v) is 10.7. The van der Waals surface area contributed by atoms with Crippen LogP contribution < -0.4 is 5.73 Å². The lowest BCUT2D eigenvalue weighted by molar-refractivity contribution is 0.415. The van der Waals surface area contributed by atoms with Crippen molar-refractivity contribution in [3.8, 4) is 11.6 Å². The predicted octanol–water partition coefficient (Wildman–Crippen LogP) is 2.40. The lowest BCUT2D eigenvalue weighted by Crippen LogP contribution is -2.19. The molecule has 0 bridgehead atoms. The summed E-state index contributed by atoms with van der Waals surface area (Å²) in [5.41, 5.74) is 9.57. The Hall–Kier alpha value is -2.69. The van der Waals surface area contributed by atoms with Crippen LogP contribution in [0, 0.1) is 0 Å². The average Bonchev–Trinajstić information content (AvgIpc) is 2.90. The van der Waals surface area contributed by atoms with Gasteiger partial charge in [-0.1, -0.05) is 29.4 Å². The van der Waals surface area contributed by atoms with Crippen LogP contribution in [0.1, 0.15) is 22.9 Å². The van der Waals surface area contributed by atoms with E-state index in [-0.39, 0.29) is 5.92 Å². The van der Waals surface area contributed by atoms with E-state index < -0.39 is 0 Å². The van der Waals surface area contributed by atoms with Gasteiger partial charge in [-0.25, -0.2) is 4.98 Å². The monoisotopic (exact) mass is 264 g/mol. The van der Waals surface area contributed by atoms with Crippen molar-refractivity contribution in [2.45, 2.75) is 12.3 Å². The van der Waals surface area contributed by atoms with Crippen LogP contribution in [-0.2, 0) is 6.42 Å². The Balaban J connectivity index is 1.69. The lowest BCUT2D eigenvalue weighted by Gasteiger charge is -2.27. The number of pyridine rings is 1. The van der Waals surface area contributed by atoms with Crippen LogP contribution in [0.15, 0.2) is 47.1 Å². The minimum absolute atomic E-state index is 0.216. The number of nitrogens with zero attached hydrogens (tertiary/aromatic N) is 3. The highest BCUT2D eigenvalue weighted by Gasteiger charge is 2.31. The molecule has 1 aromatic carbocycles. The molecule has 0 saturated heterocycles. The molecule has 2 heterocycles. The van der Waals surface area contributed by atoms with Crippen molar-refractivity contribution in [1.82, 2.24) is 15.1 Å². The van der Waals surface area contributed by atoms with Gasteiger partial charge >= 0.3 is 0 Å². The summed E-state index contributed by atoms with van der Waals surface area (Å²) in [6.45, 7) is 0. The summed E-state index contributed by atoms with van der Waals surface area (Å²) in [6.07, 6.45) is 2.61. The molecule has 3 aromatic rings. The molecular weight excluding hydrogens is 252 g/mol. The zero-order chi connectivity index (χ0) is 13.5. The number of hydrogen-bond acceptors (Lipinski definition) is 5. The number of benzene rings is 1. The molecule has 0 aliphatic heterocycles. The van der Waals surface area contributed by atoms with Gasteiger partial charge in [0.05, 0.1) is 11.6 Å². The summed E-state index contributed by atoms with van der Waals surface area (Å²) >= 11 is 0. The highest BCUT2D eigenvalue weighted by molar-refractivity contribution is 5.65. The summed E-state index contributed by atoms with van der Waals surface area (Å²) in [5.74, 6) is 1.29. The summed E-state index contributed by atoms with van der Waals surface area (Å²) in [7, 11) is 0. The normalized spacial score (nSPS) is 16.5. The zero-order valence-electron chi connectivity index (χ0n) is 10.7. The Morgan fingerprint density at radius 1 is 1.15 bits per heavy atom. The maximum Gasteiger partial charge on any atom is 0.278 e. The fourth-order valence-electron chi connectivity index (χ4n) is 2.56. The van der Waals surface area contributed by atoms with E-state index in [1.807, 2.05) is 12.1 Å². The topological polar surface area (TPSA) is 77.8 Å². The first-order valence-corrected chi connectivity index (χ1v) is 6.45. The number of aromatic nitrogens is 3. The van der Waals surface area contributed by atoms with Gasteiger partial charge in [-0.05, 0) is 29.7 Å². The van der Waals surface area contributed by atoms with Gasteiger partial charge in [0.1, 0.15) is 0 Å². The third-order valence-electron chi connectivity index (χ3n) is 3.65. The second-order valence-corrected chi connectivity index (χ2v) is 4.85. The first-order chi connectivity index (χ1) is 9.83. The van der Waals surface area contributed by atoms with E-state index in [2.05, 4.69) is 27.3 Å². The molecule has 5 nitrogen and oxygen atoms in total. The minimum atomic E-state index is 0.216. The number of hydrogen-bond donors (Lipinski definition) is 1. The molecule has 0 fully saturated rings. The van der Waals surface area contributed by atoms with E-state index in [0.717, 1.165) is 6.42 Å². The Kier molecular flexibility index (Phi) is 2.32. The molecule has 1 unspecified atom stereocenters. The van der Waals surface area contributed by atoms with Crippen LogP contribution in [0.3, 0.4) is 0 Å². The van der Waals surface area contributed by atoms with Crippen LogP contribution in [-0.4, -0.2) is 15.1 Å². The summed E-state index contributed by atoms with van der Waals surface area (Å²) in [5, 5.41) is 4.07. The maximum atomic E-state index is 5.87. The molecule has 0 radical (unpaired) electrons. The summed E-state index contributed by atoms with van der Waals surface area (Å²) < 4.78 is 5.30. The highest BCUT2D eigenvalue weighted by atomic mass is 16.5. The van der Waals surface area contributed by atoms with Gasteiger partial charge in [-0.2, -0.15) is 4.98 Å². The molecule has 0 amide bonds. The first-order valence-electron chi connectivity index (χ1n) is 6.45. The second-order valence-electron chi connectivity index (χ2n) is 4.85. The van der Waals surface area contributed by atoms with E-state index >= 15 is 0 Å². The van der Waals surface area contributed by atoms with Crippen molar-refractivity contribution in [2.24, 2.45) is 0 Å². The maximum absolute atomic E-state index is 5.87. The Bertz CT molecular complexity index is 781. The van der Waals surface area contributed by atoms with Gasteiger partial charge in [0.2, 0.25) is 0 Å². The summed E-state index contributed by atoms with van der Waals surface area (Å²) in [6, 6.07) is 11.9. The van der Waals surface area contributed by atoms with E-state index in [4.69, 9.17) is 10.3 Å². The molecule has 2 N–H and O–H groups in total. The third-order valence-corrected chi connectivity index (χ3v) is 3.65. The number of fused-ring (bicyclic) bond motifs is 1. The molecular formula is C15H12N4O. The predicted molar refractivity (Wildman–Crippen MR) is 73.9 cm³/mol. The molecule has 2 aromatic heterocycles. The van der Waals surface area contributed by atoms with Gasteiger partial charge in [-0.15, -0.1) is 0 Å². The minimum Gasteiger partial charge on any atom is -0.397 e. The van der Waals surface area contributed by atoms with Crippen LogP contribution in [0.5, 0.6) is 0 Å². The average molecular weight is 264 g/mol. The number of nitrogen functional groups attached to an aromatic ring is 1. The van der Waals surface area contributed by atoms with Crippen LogP contribution in [0.25, 0.3) is 11.6 Å². The molecule has 4 rings (SSSR count). The standard InChI is InChI=1S/C15H12N4O/c16-12-6-3-7-17-13(12)15-18-14(19-20-15)11-8-9-4-1-2-5-10(9)11/h1-7,11H,8,16H2. The molecule has 0 saturated carbocycles. The Morgan fingerprint density at radius 3 is 2.90 bits per heavy atom. The van der Waals surface area contributed by atoms with Crippen LogP contribution >= 0.6 is 0 Å². The fraction of sp³-hybridized carbons (Fsp3) is 0.133. The fourth-order valence-corrected chi connectivity index (χ4v) is 2.56. The van der Waals surface area contributed by atoms with Crippen LogP contribution in [0.2, 0.25) is 0 Å². The van der Waals surface area contributed by atoms with Crippen molar-refractivity contribution in [3.05, 3.63) is 59.5 Å². The number of nitrogens with two attached hydrogens (primary N) is 1. The van der Waals surface area contributed by atoms with Crippen molar-refractivity contribution in [1.29, 1.82) is 0 Å². The van der Waals surface area contributed by atoms with Crippen molar-refractivity contribution in [3.63, 3.8) is 0 Å². The van der Waals surface area contributed by atoms with E-state index in [9.17, 15) is 0 Å². The lowest BCUT2D eigenvalue weighted by atomic mass is 9.77. The quantitative estimate of drug-likeness (QED) is 0.769.